The average Bonchev–Trinajstić information content (AvgIpc) is 2.75. The van der Waals surface area contributed by atoms with E-state index in [9.17, 15) is 8.42 Å². The van der Waals surface area contributed by atoms with Crippen LogP contribution in [0.5, 0.6) is 11.6 Å². The number of rotatable bonds is 5. The predicted octanol–water partition coefficient (Wildman–Crippen LogP) is 4.00. The molecular weight excluding hydrogens is 527 g/mol. The molecule has 0 aliphatic carbocycles. The van der Waals surface area contributed by atoms with Crippen molar-refractivity contribution in [3.8, 4) is 11.6 Å². The minimum absolute atomic E-state index is 0.327. The highest BCUT2D eigenvalue weighted by atomic mass is 127. The van der Waals surface area contributed by atoms with Crippen molar-refractivity contribution in [3.05, 3.63) is 69.6 Å². The van der Waals surface area contributed by atoms with E-state index in [1.807, 2.05) is 50.2 Å². The zero-order valence-corrected chi connectivity index (χ0v) is 20.3. The predicted molar refractivity (Wildman–Crippen MR) is 128 cm³/mol. The molecule has 0 amide bonds. The highest BCUT2D eigenvalue weighted by molar-refractivity contribution is 14.1. The molecule has 31 heavy (non-hydrogen) atoms. The Balaban J connectivity index is 1.46. The molecule has 9 heteroatoms. The number of ether oxygens (including phenoxy) is 1. The molecule has 0 saturated carbocycles. The van der Waals surface area contributed by atoms with Crippen molar-refractivity contribution in [2.75, 3.05) is 31.1 Å². The molecule has 1 aliphatic heterocycles. The zero-order chi connectivity index (χ0) is 22.0. The van der Waals surface area contributed by atoms with Gasteiger partial charge in [-0.05, 0) is 72.8 Å². The van der Waals surface area contributed by atoms with Crippen LogP contribution in [0, 0.1) is 17.4 Å². The normalized spacial score (nSPS) is 15.1. The summed E-state index contributed by atoms with van der Waals surface area (Å²) in [4.78, 5) is 11.3. The molecule has 3 aromatic rings. The number of halogens is 1. The van der Waals surface area contributed by atoms with Crippen molar-refractivity contribution in [1.82, 2.24) is 14.3 Å². The molecule has 2 aromatic carbocycles. The van der Waals surface area contributed by atoms with Gasteiger partial charge >= 0.3 is 0 Å². The molecular formula is C22H23IN4O3S. The maximum atomic E-state index is 12.9. The SMILES string of the molecule is Cc1ccc(Oc2cc(N3CCN(S(=O)(=O)c4ccc(I)cc4)CC3)nc(C)n2)cc1. The second kappa shape index (κ2) is 9.09. The first-order chi connectivity index (χ1) is 14.8. The molecule has 7 nitrogen and oxygen atoms in total. The van der Waals surface area contributed by atoms with Crippen molar-refractivity contribution in [3.63, 3.8) is 0 Å². The summed E-state index contributed by atoms with van der Waals surface area (Å²) < 4.78 is 34.3. The number of hydrogen-bond donors (Lipinski definition) is 0. The highest BCUT2D eigenvalue weighted by Gasteiger charge is 2.29. The van der Waals surface area contributed by atoms with E-state index in [0.717, 1.165) is 15.0 Å². The summed E-state index contributed by atoms with van der Waals surface area (Å²) in [6, 6.07) is 16.5. The van der Waals surface area contributed by atoms with Gasteiger partial charge in [-0.15, -0.1) is 0 Å². The first-order valence-corrected chi connectivity index (χ1v) is 12.4. The van der Waals surface area contributed by atoms with Crippen LogP contribution in [-0.2, 0) is 10.0 Å². The van der Waals surface area contributed by atoms with Crippen LogP contribution in [0.4, 0.5) is 5.82 Å². The average molecular weight is 550 g/mol. The van der Waals surface area contributed by atoms with Crippen molar-refractivity contribution in [1.29, 1.82) is 0 Å². The molecule has 162 valence electrons. The van der Waals surface area contributed by atoms with Crippen LogP contribution in [0.2, 0.25) is 0 Å². The Hall–Kier alpha value is -2.24. The molecule has 0 radical (unpaired) electrons. The van der Waals surface area contributed by atoms with Crippen molar-refractivity contribution < 1.29 is 13.2 Å². The van der Waals surface area contributed by atoms with Gasteiger partial charge in [0.25, 0.3) is 0 Å². The topological polar surface area (TPSA) is 75.6 Å². The minimum Gasteiger partial charge on any atom is -0.439 e. The lowest BCUT2D eigenvalue weighted by Gasteiger charge is -2.34. The van der Waals surface area contributed by atoms with Gasteiger partial charge in [-0.25, -0.2) is 13.4 Å². The van der Waals surface area contributed by atoms with E-state index in [1.54, 1.807) is 18.2 Å². The fourth-order valence-electron chi connectivity index (χ4n) is 3.38. The molecule has 1 fully saturated rings. The molecule has 1 aromatic heterocycles. The molecule has 0 N–H and O–H groups in total. The van der Waals surface area contributed by atoms with Gasteiger partial charge in [-0.3, -0.25) is 0 Å². The van der Waals surface area contributed by atoms with E-state index in [0.29, 0.717) is 48.5 Å². The van der Waals surface area contributed by atoms with Crippen LogP contribution in [0.25, 0.3) is 0 Å². The van der Waals surface area contributed by atoms with Crippen molar-refractivity contribution in [2.24, 2.45) is 0 Å². The van der Waals surface area contributed by atoms with E-state index in [2.05, 4.69) is 37.5 Å². The van der Waals surface area contributed by atoms with Crippen LogP contribution in [-0.4, -0.2) is 48.9 Å². The third-order valence-corrected chi connectivity index (χ3v) is 7.69. The van der Waals surface area contributed by atoms with E-state index in [-0.39, 0.29) is 0 Å². The molecule has 0 unspecified atom stereocenters. The van der Waals surface area contributed by atoms with Gasteiger partial charge < -0.3 is 9.64 Å². The number of piperazine rings is 1. The van der Waals surface area contributed by atoms with Crippen molar-refractivity contribution >= 4 is 38.4 Å². The smallest absolute Gasteiger partial charge is 0.243 e. The van der Waals surface area contributed by atoms with E-state index >= 15 is 0 Å². The molecule has 1 aliphatic rings. The lowest BCUT2D eigenvalue weighted by atomic mass is 10.2. The number of nitrogens with zero attached hydrogens (tertiary/aromatic N) is 4. The number of aryl methyl sites for hydroxylation is 2. The largest absolute Gasteiger partial charge is 0.439 e. The maximum Gasteiger partial charge on any atom is 0.243 e. The third-order valence-electron chi connectivity index (χ3n) is 5.06. The van der Waals surface area contributed by atoms with Crippen molar-refractivity contribution in [2.45, 2.75) is 18.7 Å². The van der Waals surface area contributed by atoms with Crippen LogP contribution in [0.15, 0.2) is 59.5 Å². The number of aromatic nitrogens is 2. The molecule has 4 rings (SSSR count). The van der Waals surface area contributed by atoms with Gasteiger partial charge in [-0.2, -0.15) is 9.29 Å². The van der Waals surface area contributed by atoms with E-state index in [1.165, 1.54) is 4.31 Å². The molecule has 0 spiro atoms. The van der Waals surface area contributed by atoms with Crippen LogP contribution < -0.4 is 9.64 Å². The van der Waals surface area contributed by atoms with Gasteiger partial charge in [0, 0.05) is 35.8 Å². The Bertz CT molecular complexity index is 1160. The second-order valence-corrected chi connectivity index (χ2v) is 10.6. The number of sulfonamides is 1. The summed E-state index contributed by atoms with van der Waals surface area (Å²) in [7, 11) is -3.50. The van der Waals surface area contributed by atoms with Crippen LogP contribution in [0.1, 0.15) is 11.4 Å². The number of benzene rings is 2. The van der Waals surface area contributed by atoms with Gasteiger partial charge in [0.2, 0.25) is 15.9 Å². The first kappa shape index (κ1) is 22.0. The zero-order valence-electron chi connectivity index (χ0n) is 17.3. The van der Waals surface area contributed by atoms with Gasteiger partial charge in [0.15, 0.2) is 0 Å². The number of anilines is 1. The summed E-state index contributed by atoms with van der Waals surface area (Å²) in [5.41, 5.74) is 1.16. The van der Waals surface area contributed by atoms with Crippen LogP contribution >= 0.6 is 22.6 Å². The van der Waals surface area contributed by atoms with Gasteiger partial charge in [0.05, 0.1) is 4.90 Å². The Labute approximate surface area is 196 Å². The Kier molecular flexibility index (Phi) is 6.44. The van der Waals surface area contributed by atoms with Gasteiger partial charge in [-0.1, -0.05) is 17.7 Å². The summed E-state index contributed by atoms with van der Waals surface area (Å²) in [6.45, 7) is 5.73. The fourth-order valence-corrected chi connectivity index (χ4v) is 5.16. The highest BCUT2D eigenvalue weighted by Crippen LogP contribution is 2.25. The quantitative estimate of drug-likeness (QED) is 0.448. The Morgan fingerprint density at radius 2 is 1.55 bits per heavy atom. The Morgan fingerprint density at radius 3 is 2.19 bits per heavy atom. The fraction of sp³-hybridized carbons (Fsp3) is 0.273. The molecule has 1 saturated heterocycles. The molecule has 2 heterocycles. The second-order valence-electron chi connectivity index (χ2n) is 7.37. The maximum absolute atomic E-state index is 12.9. The van der Waals surface area contributed by atoms with Crippen LogP contribution in [0.3, 0.4) is 0 Å². The first-order valence-electron chi connectivity index (χ1n) is 9.92. The summed E-state index contributed by atoms with van der Waals surface area (Å²) in [5.74, 6) is 2.53. The van der Waals surface area contributed by atoms with Gasteiger partial charge in [0.1, 0.15) is 17.4 Å². The summed E-state index contributed by atoms with van der Waals surface area (Å²) >= 11 is 2.16. The van der Waals surface area contributed by atoms with E-state index in [4.69, 9.17) is 4.74 Å². The number of hydrogen-bond acceptors (Lipinski definition) is 6. The molecule has 0 atom stereocenters. The summed E-state index contributed by atoms with van der Waals surface area (Å²) in [6.07, 6.45) is 0. The minimum atomic E-state index is -3.50. The Morgan fingerprint density at radius 1 is 0.903 bits per heavy atom. The monoisotopic (exact) mass is 550 g/mol. The lowest BCUT2D eigenvalue weighted by Crippen LogP contribution is -2.49. The van der Waals surface area contributed by atoms with E-state index < -0.39 is 10.0 Å². The lowest BCUT2D eigenvalue weighted by molar-refractivity contribution is 0.383. The standard InChI is InChI=1S/C22H23IN4O3S/c1-16-3-7-19(8-4-16)30-22-15-21(24-17(2)25-22)26-11-13-27(14-12-26)31(28,29)20-9-5-18(23)6-10-20/h3-10,15H,11-14H2,1-2H3. The third kappa shape index (κ3) is 5.16. The summed E-state index contributed by atoms with van der Waals surface area (Å²) in [5, 5.41) is 0. The molecule has 0 bridgehead atoms.